The minimum atomic E-state index is -0.891. The third-order valence-electron chi connectivity index (χ3n) is 4.55. The zero-order valence-electron chi connectivity index (χ0n) is 14.0. The van der Waals surface area contributed by atoms with E-state index in [1.165, 1.54) is 6.07 Å². The summed E-state index contributed by atoms with van der Waals surface area (Å²) >= 11 is 0. The summed E-state index contributed by atoms with van der Waals surface area (Å²) in [5.74, 6) is -1.58. The van der Waals surface area contributed by atoms with Crippen LogP contribution in [0.1, 0.15) is 29.0 Å². The quantitative estimate of drug-likeness (QED) is 0.758. The van der Waals surface area contributed by atoms with Gasteiger partial charge in [0.05, 0.1) is 11.4 Å². The molecule has 2 heterocycles. The van der Waals surface area contributed by atoms with Gasteiger partial charge in [0, 0.05) is 24.7 Å². The maximum Gasteiger partial charge on any atom is 0.261 e. The molecule has 4 rings (SSSR count). The fraction of sp³-hybridized carbons (Fsp3) is 0.200. The number of carbonyl (C=O) groups excluding carboxylic acids is 1. The van der Waals surface area contributed by atoms with Crippen molar-refractivity contribution in [2.75, 3.05) is 5.32 Å². The fourth-order valence-electron chi connectivity index (χ4n) is 3.26. The van der Waals surface area contributed by atoms with Crippen molar-refractivity contribution in [3.05, 3.63) is 71.7 Å². The van der Waals surface area contributed by atoms with Gasteiger partial charge in [-0.3, -0.25) is 4.79 Å². The molecule has 1 N–H and O–H groups in total. The third kappa shape index (κ3) is 2.98. The highest BCUT2D eigenvalue weighted by Crippen LogP contribution is 2.29. The first-order valence-electron chi connectivity index (χ1n) is 8.54. The minimum Gasteiger partial charge on any atom is -0.334 e. The van der Waals surface area contributed by atoms with Crippen LogP contribution in [0.5, 0.6) is 0 Å². The van der Waals surface area contributed by atoms with E-state index in [4.69, 9.17) is 0 Å². The Hall–Kier alpha value is -3.02. The molecule has 1 amide bonds. The van der Waals surface area contributed by atoms with E-state index in [1.54, 1.807) is 12.1 Å². The van der Waals surface area contributed by atoms with Crippen LogP contribution in [0.2, 0.25) is 0 Å². The fourth-order valence-corrected chi connectivity index (χ4v) is 3.26. The van der Waals surface area contributed by atoms with Crippen molar-refractivity contribution < 1.29 is 13.6 Å². The van der Waals surface area contributed by atoms with Crippen LogP contribution in [0.3, 0.4) is 0 Å². The maximum absolute atomic E-state index is 13.9. The average molecular weight is 353 g/mol. The van der Waals surface area contributed by atoms with Crippen LogP contribution in [0.4, 0.5) is 14.5 Å². The van der Waals surface area contributed by atoms with Crippen LogP contribution < -0.4 is 5.32 Å². The lowest BCUT2D eigenvalue weighted by atomic mass is 10.1. The molecule has 0 radical (unpaired) electrons. The number of benzene rings is 2. The van der Waals surface area contributed by atoms with Gasteiger partial charge in [0.25, 0.3) is 5.91 Å². The Morgan fingerprint density at radius 2 is 1.81 bits per heavy atom. The second kappa shape index (κ2) is 6.71. The number of nitrogens with one attached hydrogen (secondary N) is 1. The highest BCUT2D eigenvalue weighted by molar-refractivity contribution is 6.06. The molecular weight excluding hydrogens is 336 g/mol. The Labute approximate surface area is 149 Å². The lowest BCUT2D eigenvalue weighted by molar-refractivity contribution is 0.101. The van der Waals surface area contributed by atoms with Gasteiger partial charge in [0.15, 0.2) is 0 Å². The first kappa shape index (κ1) is 16.4. The molecular formula is C20H17F2N3O. The number of hydrogen-bond donors (Lipinski definition) is 1. The van der Waals surface area contributed by atoms with Crippen LogP contribution in [-0.2, 0) is 13.0 Å². The Balaban J connectivity index is 1.68. The molecule has 1 aliphatic heterocycles. The molecule has 2 aromatic carbocycles. The van der Waals surface area contributed by atoms with Crippen LogP contribution in [-0.4, -0.2) is 15.5 Å². The molecule has 6 heteroatoms. The van der Waals surface area contributed by atoms with Gasteiger partial charge >= 0.3 is 0 Å². The van der Waals surface area contributed by atoms with Gasteiger partial charge in [-0.25, -0.2) is 13.8 Å². The number of nitrogens with zero attached hydrogens (tertiary/aromatic N) is 2. The summed E-state index contributed by atoms with van der Waals surface area (Å²) in [6, 6.07) is 10.5. The number of hydrogen-bond acceptors (Lipinski definition) is 2. The van der Waals surface area contributed by atoms with Crippen molar-refractivity contribution in [1.82, 2.24) is 9.55 Å². The summed E-state index contributed by atoms with van der Waals surface area (Å²) in [6.45, 7) is 0.928. The Kier molecular flexibility index (Phi) is 4.24. The number of carbonyl (C=O) groups is 1. The molecule has 3 aromatic rings. The number of aromatic nitrogens is 2. The molecule has 0 fully saturated rings. The predicted octanol–water partition coefficient (Wildman–Crippen LogP) is 4.42. The van der Waals surface area contributed by atoms with Gasteiger partial charge in [-0.2, -0.15) is 0 Å². The number of fused-ring (bicyclic) bond motifs is 1. The van der Waals surface area contributed by atoms with E-state index < -0.39 is 23.1 Å². The summed E-state index contributed by atoms with van der Waals surface area (Å²) in [4.78, 5) is 17.1. The van der Waals surface area contributed by atoms with Crippen LogP contribution in [0.25, 0.3) is 11.3 Å². The van der Waals surface area contributed by atoms with Gasteiger partial charge in [0.2, 0.25) is 0 Å². The standard InChI is InChI=1S/C20H17F2N3O/c21-14-7-5-8-15(22)19(14)20(26)24-16-9-2-1-6-13(16)17-12-25-11-4-3-10-18(25)23-17/h1-2,5-9,12H,3-4,10-11H2,(H,24,26). The SMILES string of the molecule is O=C(Nc1ccccc1-c1cn2c(n1)CCCC2)c1c(F)cccc1F. The molecule has 132 valence electrons. The summed E-state index contributed by atoms with van der Waals surface area (Å²) < 4.78 is 29.8. The molecule has 26 heavy (non-hydrogen) atoms. The second-order valence-corrected chi connectivity index (χ2v) is 6.29. The van der Waals surface area contributed by atoms with Crippen molar-refractivity contribution >= 4 is 11.6 Å². The third-order valence-corrected chi connectivity index (χ3v) is 4.55. The predicted molar refractivity (Wildman–Crippen MR) is 94.9 cm³/mol. The number of amides is 1. The van der Waals surface area contributed by atoms with E-state index in [0.717, 1.165) is 55.0 Å². The summed E-state index contributed by atoms with van der Waals surface area (Å²) in [5.41, 5.74) is 1.34. The molecule has 0 aliphatic carbocycles. The monoisotopic (exact) mass is 353 g/mol. The molecule has 1 aliphatic rings. The van der Waals surface area contributed by atoms with Crippen molar-refractivity contribution in [3.8, 4) is 11.3 Å². The van der Waals surface area contributed by atoms with E-state index in [9.17, 15) is 13.6 Å². The Morgan fingerprint density at radius 1 is 1.04 bits per heavy atom. The summed E-state index contributed by atoms with van der Waals surface area (Å²) in [6.07, 6.45) is 5.12. The number of rotatable bonds is 3. The van der Waals surface area contributed by atoms with Gasteiger partial charge in [-0.1, -0.05) is 24.3 Å². The van der Waals surface area contributed by atoms with Gasteiger partial charge < -0.3 is 9.88 Å². The molecule has 0 spiro atoms. The molecule has 0 bridgehead atoms. The molecule has 0 unspecified atom stereocenters. The summed E-state index contributed by atoms with van der Waals surface area (Å²) in [7, 11) is 0. The topological polar surface area (TPSA) is 46.9 Å². The zero-order chi connectivity index (χ0) is 18.1. The Morgan fingerprint density at radius 3 is 2.58 bits per heavy atom. The van der Waals surface area contributed by atoms with Crippen LogP contribution in [0, 0.1) is 11.6 Å². The average Bonchev–Trinajstić information content (AvgIpc) is 3.06. The van der Waals surface area contributed by atoms with Crippen molar-refractivity contribution in [3.63, 3.8) is 0 Å². The first-order valence-corrected chi connectivity index (χ1v) is 8.54. The second-order valence-electron chi connectivity index (χ2n) is 6.29. The smallest absolute Gasteiger partial charge is 0.261 e. The lowest BCUT2D eigenvalue weighted by Crippen LogP contribution is -2.16. The highest BCUT2D eigenvalue weighted by Gasteiger charge is 2.20. The maximum atomic E-state index is 13.9. The number of aryl methyl sites for hydroxylation is 2. The van der Waals surface area contributed by atoms with Crippen molar-refractivity contribution in [1.29, 1.82) is 0 Å². The molecule has 0 atom stereocenters. The normalized spacial score (nSPS) is 13.3. The van der Waals surface area contributed by atoms with Gasteiger partial charge in [-0.05, 0) is 31.0 Å². The van der Waals surface area contributed by atoms with E-state index in [0.29, 0.717) is 5.69 Å². The first-order chi connectivity index (χ1) is 12.6. The minimum absolute atomic E-state index is 0.468. The lowest BCUT2D eigenvalue weighted by Gasteiger charge is -2.11. The van der Waals surface area contributed by atoms with Gasteiger partial charge in [-0.15, -0.1) is 0 Å². The van der Waals surface area contributed by atoms with Crippen LogP contribution >= 0.6 is 0 Å². The molecule has 0 saturated carbocycles. The molecule has 1 aromatic heterocycles. The molecule has 0 saturated heterocycles. The zero-order valence-corrected chi connectivity index (χ0v) is 14.0. The summed E-state index contributed by atoms with van der Waals surface area (Å²) in [5, 5.41) is 2.62. The van der Waals surface area contributed by atoms with Crippen LogP contribution in [0.15, 0.2) is 48.7 Å². The molecule has 4 nitrogen and oxygen atoms in total. The Bertz CT molecular complexity index is 937. The largest absolute Gasteiger partial charge is 0.334 e. The van der Waals surface area contributed by atoms with E-state index in [1.807, 2.05) is 18.3 Å². The number of para-hydroxylation sites is 1. The van der Waals surface area contributed by atoms with E-state index in [2.05, 4.69) is 14.9 Å². The van der Waals surface area contributed by atoms with Crippen molar-refractivity contribution in [2.24, 2.45) is 0 Å². The van der Waals surface area contributed by atoms with E-state index in [-0.39, 0.29) is 0 Å². The number of halogens is 2. The number of anilines is 1. The number of imidazole rings is 1. The van der Waals surface area contributed by atoms with Crippen molar-refractivity contribution in [2.45, 2.75) is 25.8 Å². The highest BCUT2D eigenvalue weighted by atomic mass is 19.1. The van der Waals surface area contributed by atoms with E-state index >= 15 is 0 Å². The van der Waals surface area contributed by atoms with Gasteiger partial charge in [0.1, 0.15) is 23.0 Å².